The van der Waals surface area contributed by atoms with Crippen LogP contribution in [0.3, 0.4) is 0 Å². The summed E-state index contributed by atoms with van der Waals surface area (Å²) in [7, 11) is 0. The van der Waals surface area contributed by atoms with Crippen LogP contribution in [0.4, 0.5) is 4.79 Å². The van der Waals surface area contributed by atoms with E-state index in [-0.39, 0.29) is 37.0 Å². The lowest BCUT2D eigenvalue weighted by atomic mass is 10.1. The summed E-state index contributed by atoms with van der Waals surface area (Å²) in [6.45, 7) is 4.42. The van der Waals surface area contributed by atoms with Crippen molar-refractivity contribution in [3.8, 4) is 0 Å². The normalized spacial score (nSPS) is 21.5. The van der Waals surface area contributed by atoms with Crippen LogP contribution in [0.25, 0.3) is 0 Å². The number of benzene rings is 1. The van der Waals surface area contributed by atoms with E-state index < -0.39 is 0 Å². The number of carbonyl (C=O) groups excluding carboxylic acids is 3. The molecule has 2 saturated heterocycles. The van der Waals surface area contributed by atoms with E-state index in [1.54, 1.807) is 18.2 Å². The summed E-state index contributed by atoms with van der Waals surface area (Å²) < 4.78 is 0. The molecule has 3 rings (SSSR count). The third kappa shape index (κ3) is 3.34. The van der Waals surface area contributed by atoms with Crippen LogP contribution >= 0.6 is 0 Å². The summed E-state index contributed by atoms with van der Waals surface area (Å²) in [5.74, 6) is -0.264. The molecule has 2 aliphatic heterocycles. The molecule has 1 atom stereocenters. The maximum atomic E-state index is 12.6. The Morgan fingerprint density at radius 1 is 1.35 bits per heavy atom. The van der Waals surface area contributed by atoms with Gasteiger partial charge in [0.15, 0.2) is 0 Å². The van der Waals surface area contributed by atoms with Crippen LogP contribution in [-0.2, 0) is 11.3 Å². The second-order valence-corrected chi connectivity index (χ2v) is 5.95. The van der Waals surface area contributed by atoms with E-state index in [9.17, 15) is 14.4 Å². The maximum absolute atomic E-state index is 12.6. The van der Waals surface area contributed by atoms with Gasteiger partial charge in [-0.25, -0.2) is 4.79 Å². The molecule has 122 valence electrons. The molecule has 0 saturated carbocycles. The van der Waals surface area contributed by atoms with Crippen molar-refractivity contribution in [3.05, 3.63) is 35.4 Å². The SMILES string of the molecule is CC1CN(C(=O)c2cccc(CN3C(=O)CNC3=O)c2)CCN1. The Balaban J connectivity index is 1.73. The van der Waals surface area contributed by atoms with Gasteiger partial charge in [-0.3, -0.25) is 14.5 Å². The quantitative estimate of drug-likeness (QED) is 0.779. The number of imide groups is 1. The summed E-state index contributed by atoms with van der Waals surface area (Å²) in [4.78, 5) is 38.8. The first-order valence-electron chi connectivity index (χ1n) is 7.74. The molecule has 0 spiro atoms. The smallest absolute Gasteiger partial charge is 0.324 e. The van der Waals surface area contributed by atoms with Crippen molar-refractivity contribution in [2.24, 2.45) is 0 Å². The highest BCUT2D eigenvalue weighted by Gasteiger charge is 2.28. The largest absolute Gasteiger partial charge is 0.336 e. The second-order valence-electron chi connectivity index (χ2n) is 5.95. The van der Waals surface area contributed by atoms with Gasteiger partial charge in [0.2, 0.25) is 5.91 Å². The highest BCUT2D eigenvalue weighted by atomic mass is 16.2. The summed E-state index contributed by atoms with van der Waals surface area (Å²) in [6, 6.07) is 7.02. The number of piperazine rings is 1. The van der Waals surface area contributed by atoms with Crippen LogP contribution in [0, 0.1) is 0 Å². The first-order chi connectivity index (χ1) is 11.0. The topological polar surface area (TPSA) is 81.8 Å². The van der Waals surface area contributed by atoms with Crippen molar-refractivity contribution in [1.29, 1.82) is 0 Å². The molecule has 0 bridgehead atoms. The van der Waals surface area contributed by atoms with Crippen molar-refractivity contribution in [3.63, 3.8) is 0 Å². The molecule has 2 heterocycles. The van der Waals surface area contributed by atoms with Crippen LogP contribution in [0.2, 0.25) is 0 Å². The molecule has 1 unspecified atom stereocenters. The Morgan fingerprint density at radius 2 is 2.17 bits per heavy atom. The number of hydrogen-bond acceptors (Lipinski definition) is 4. The van der Waals surface area contributed by atoms with E-state index >= 15 is 0 Å². The summed E-state index contributed by atoms with van der Waals surface area (Å²) in [5, 5.41) is 5.79. The van der Waals surface area contributed by atoms with Gasteiger partial charge >= 0.3 is 6.03 Å². The van der Waals surface area contributed by atoms with Gasteiger partial charge in [0.05, 0.1) is 13.1 Å². The van der Waals surface area contributed by atoms with Gasteiger partial charge in [-0.15, -0.1) is 0 Å². The molecule has 23 heavy (non-hydrogen) atoms. The number of urea groups is 1. The Labute approximate surface area is 134 Å². The van der Waals surface area contributed by atoms with Crippen LogP contribution < -0.4 is 10.6 Å². The lowest BCUT2D eigenvalue weighted by molar-refractivity contribution is -0.125. The minimum Gasteiger partial charge on any atom is -0.336 e. The number of carbonyl (C=O) groups is 3. The predicted octanol–water partition coefficient (Wildman–Crippen LogP) is 0.172. The first-order valence-corrected chi connectivity index (χ1v) is 7.74. The van der Waals surface area contributed by atoms with Crippen molar-refractivity contribution < 1.29 is 14.4 Å². The highest BCUT2D eigenvalue weighted by Crippen LogP contribution is 2.14. The van der Waals surface area contributed by atoms with Gasteiger partial charge in [-0.2, -0.15) is 0 Å². The number of amides is 4. The second kappa shape index (κ2) is 6.37. The van der Waals surface area contributed by atoms with Gasteiger partial charge < -0.3 is 15.5 Å². The van der Waals surface area contributed by atoms with Gasteiger partial charge in [0.1, 0.15) is 0 Å². The molecule has 0 aliphatic carbocycles. The van der Waals surface area contributed by atoms with E-state index in [1.807, 2.05) is 17.9 Å². The van der Waals surface area contributed by atoms with E-state index in [4.69, 9.17) is 0 Å². The maximum Gasteiger partial charge on any atom is 0.324 e. The third-order valence-electron chi connectivity index (χ3n) is 4.11. The van der Waals surface area contributed by atoms with E-state index in [0.29, 0.717) is 18.7 Å². The van der Waals surface area contributed by atoms with Gasteiger partial charge in [0, 0.05) is 31.2 Å². The molecule has 4 amide bonds. The van der Waals surface area contributed by atoms with Crippen molar-refractivity contribution >= 4 is 17.8 Å². The molecular weight excluding hydrogens is 296 g/mol. The Hall–Kier alpha value is -2.41. The van der Waals surface area contributed by atoms with Crippen LogP contribution in [0.1, 0.15) is 22.8 Å². The third-order valence-corrected chi connectivity index (χ3v) is 4.11. The van der Waals surface area contributed by atoms with E-state index in [1.165, 1.54) is 0 Å². The standard InChI is InChI=1S/C16H20N4O3/c1-11-9-19(6-5-17-11)15(22)13-4-2-3-12(7-13)10-20-14(21)8-18-16(20)23/h2-4,7,11,17H,5-6,8-10H2,1H3,(H,18,23). The fourth-order valence-electron chi connectivity index (χ4n) is 2.90. The van der Waals surface area contributed by atoms with Crippen molar-refractivity contribution in [2.75, 3.05) is 26.2 Å². The summed E-state index contributed by atoms with van der Waals surface area (Å²) in [5.41, 5.74) is 1.35. The van der Waals surface area contributed by atoms with E-state index in [2.05, 4.69) is 10.6 Å². The molecular formula is C16H20N4O3. The molecule has 0 aromatic heterocycles. The predicted molar refractivity (Wildman–Crippen MR) is 83.8 cm³/mol. The fraction of sp³-hybridized carbons (Fsp3) is 0.438. The molecule has 7 nitrogen and oxygen atoms in total. The highest BCUT2D eigenvalue weighted by molar-refractivity contribution is 6.02. The van der Waals surface area contributed by atoms with Gasteiger partial charge in [-0.05, 0) is 24.6 Å². The Bertz CT molecular complexity index is 630. The lowest BCUT2D eigenvalue weighted by Crippen LogP contribution is -2.51. The first kappa shape index (κ1) is 15.5. The summed E-state index contributed by atoms with van der Waals surface area (Å²) in [6.07, 6.45) is 0. The molecule has 2 aliphatic rings. The van der Waals surface area contributed by atoms with Gasteiger partial charge in [0.25, 0.3) is 5.91 Å². The number of rotatable bonds is 3. The Kier molecular flexibility index (Phi) is 4.29. The number of nitrogens with one attached hydrogen (secondary N) is 2. The van der Waals surface area contributed by atoms with Crippen molar-refractivity contribution in [1.82, 2.24) is 20.4 Å². The van der Waals surface area contributed by atoms with Crippen LogP contribution in [0.5, 0.6) is 0 Å². The molecule has 1 aromatic rings. The minimum absolute atomic E-state index is 0.0163. The average Bonchev–Trinajstić information content (AvgIpc) is 2.86. The van der Waals surface area contributed by atoms with Crippen molar-refractivity contribution in [2.45, 2.75) is 19.5 Å². The zero-order valence-electron chi connectivity index (χ0n) is 13.0. The van der Waals surface area contributed by atoms with Gasteiger partial charge in [-0.1, -0.05) is 12.1 Å². The molecule has 1 aromatic carbocycles. The zero-order valence-corrected chi connectivity index (χ0v) is 13.0. The lowest BCUT2D eigenvalue weighted by Gasteiger charge is -2.32. The molecule has 2 fully saturated rings. The molecule has 2 N–H and O–H groups in total. The monoisotopic (exact) mass is 316 g/mol. The molecule has 7 heteroatoms. The number of nitrogens with zero attached hydrogens (tertiary/aromatic N) is 2. The van der Waals surface area contributed by atoms with Crippen LogP contribution in [0.15, 0.2) is 24.3 Å². The average molecular weight is 316 g/mol. The fourth-order valence-corrected chi connectivity index (χ4v) is 2.90. The van der Waals surface area contributed by atoms with Crippen LogP contribution in [-0.4, -0.2) is 59.9 Å². The minimum atomic E-state index is -0.386. The molecule has 0 radical (unpaired) electrons. The Morgan fingerprint density at radius 3 is 2.87 bits per heavy atom. The van der Waals surface area contributed by atoms with E-state index in [0.717, 1.165) is 17.0 Å². The zero-order chi connectivity index (χ0) is 16.4. The number of hydrogen-bond donors (Lipinski definition) is 2. The summed E-state index contributed by atoms with van der Waals surface area (Å²) >= 11 is 0.